The number of nitrogens with one attached hydrogen (secondary N) is 2. The van der Waals surface area contributed by atoms with Crippen molar-refractivity contribution < 1.29 is 9.90 Å². The van der Waals surface area contributed by atoms with Gasteiger partial charge in [-0.1, -0.05) is 35.3 Å². The van der Waals surface area contributed by atoms with E-state index in [4.69, 9.17) is 23.2 Å². The number of halogens is 2. The number of aliphatic hydroxyl groups excluding tert-OH is 1. The van der Waals surface area contributed by atoms with Gasteiger partial charge in [-0.3, -0.25) is 9.78 Å². The molecule has 3 aromatic heterocycles. The first-order chi connectivity index (χ1) is 15.9. The Kier molecular flexibility index (Phi) is 7.20. The largest absolute Gasteiger partial charge is 0.394 e. The molecule has 0 saturated carbocycles. The molecule has 168 valence electrons. The summed E-state index contributed by atoms with van der Waals surface area (Å²) in [6.45, 7) is 1.64. The van der Waals surface area contributed by atoms with E-state index in [2.05, 4.69) is 25.6 Å². The summed E-state index contributed by atoms with van der Waals surface area (Å²) in [6, 6.07) is 11.8. The van der Waals surface area contributed by atoms with Crippen molar-refractivity contribution in [3.05, 3.63) is 86.4 Å². The topological polar surface area (TPSA) is 100 Å². The standard InChI is InChI=1S/C23H19Cl2N5O2S/c1-13-7-17(5-6-26-13)28-23-27-10-18(25)21(30-23)15-9-20(33-12-15)22(32)29-19(11-31)14-3-2-4-16(24)8-14/h2-10,12,19,31H,11H2,1H3,(H,29,32)(H,26,27,28,30)/t19-/m1/s1. The van der Waals surface area contributed by atoms with E-state index in [1.54, 1.807) is 41.9 Å². The van der Waals surface area contributed by atoms with Crippen LogP contribution < -0.4 is 10.6 Å². The predicted molar refractivity (Wildman–Crippen MR) is 131 cm³/mol. The summed E-state index contributed by atoms with van der Waals surface area (Å²) in [5, 5.41) is 18.4. The highest BCUT2D eigenvalue weighted by molar-refractivity contribution is 7.12. The lowest BCUT2D eigenvalue weighted by Crippen LogP contribution is -2.30. The summed E-state index contributed by atoms with van der Waals surface area (Å²) in [7, 11) is 0. The van der Waals surface area contributed by atoms with Crippen LogP contribution in [0.3, 0.4) is 0 Å². The number of aliphatic hydroxyl groups is 1. The van der Waals surface area contributed by atoms with Crippen molar-refractivity contribution in [3.8, 4) is 11.3 Å². The molecule has 7 nitrogen and oxygen atoms in total. The van der Waals surface area contributed by atoms with Crippen LogP contribution >= 0.6 is 34.5 Å². The molecule has 1 atom stereocenters. The number of pyridine rings is 1. The van der Waals surface area contributed by atoms with Crippen LogP contribution in [0.2, 0.25) is 10.0 Å². The zero-order valence-corrected chi connectivity index (χ0v) is 19.7. The van der Waals surface area contributed by atoms with Gasteiger partial charge in [0.25, 0.3) is 5.91 Å². The predicted octanol–water partition coefficient (Wildman–Crippen LogP) is 5.42. The number of anilines is 2. The molecule has 4 rings (SSSR count). The molecule has 0 unspecified atom stereocenters. The molecule has 0 spiro atoms. The summed E-state index contributed by atoms with van der Waals surface area (Å²) in [6.07, 6.45) is 3.21. The number of carbonyl (C=O) groups is 1. The van der Waals surface area contributed by atoms with Gasteiger partial charge in [0, 0.05) is 33.5 Å². The van der Waals surface area contributed by atoms with E-state index in [0.29, 0.717) is 32.1 Å². The van der Waals surface area contributed by atoms with Crippen LogP contribution in [0.15, 0.2) is 60.2 Å². The molecule has 10 heteroatoms. The van der Waals surface area contributed by atoms with Crippen LogP contribution in [-0.2, 0) is 0 Å². The Balaban J connectivity index is 1.53. The SMILES string of the molecule is Cc1cc(Nc2ncc(Cl)c(-c3csc(C(=O)N[C@H](CO)c4cccc(Cl)c4)c3)n2)ccn1. The lowest BCUT2D eigenvalue weighted by Gasteiger charge is -2.16. The molecule has 3 N–H and O–H groups in total. The minimum atomic E-state index is -0.580. The molecule has 0 saturated heterocycles. The van der Waals surface area contributed by atoms with Crippen molar-refractivity contribution in [2.45, 2.75) is 13.0 Å². The number of rotatable bonds is 7. The zero-order valence-electron chi connectivity index (χ0n) is 17.4. The van der Waals surface area contributed by atoms with E-state index < -0.39 is 6.04 Å². The van der Waals surface area contributed by atoms with Gasteiger partial charge < -0.3 is 15.7 Å². The molecule has 0 radical (unpaired) electrons. The number of amides is 1. The lowest BCUT2D eigenvalue weighted by atomic mass is 10.1. The normalized spacial score (nSPS) is 11.8. The van der Waals surface area contributed by atoms with Crippen molar-refractivity contribution in [1.29, 1.82) is 0 Å². The van der Waals surface area contributed by atoms with Gasteiger partial charge in [0.1, 0.15) is 0 Å². The number of benzene rings is 1. The smallest absolute Gasteiger partial charge is 0.261 e. The maximum Gasteiger partial charge on any atom is 0.261 e. The second-order valence-corrected chi connectivity index (χ2v) is 8.92. The highest BCUT2D eigenvalue weighted by Gasteiger charge is 2.18. The number of carbonyl (C=O) groups excluding carboxylic acids is 1. The average Bonchev–Trinajstić information content (AvgIpc) is 3.29. The van der Waals surface area contributed by atoms with Gasteiger partial charge in [0.05, 0.1) is 34.4 Å². The van der Waals surface area contributed by atoms with Crippen LogP contribution in [0.1, 0.15) is 27.0 Å². The number of thiophene rings is 1. The molecular weight excluding hydrogens is 481 g/mol. The van der Waals surface area contributed by atoms with Gasteiger partial charge in [-0.15, -0.1) is 11.3 Å². The van der Waals surface area contributed by atoms with E-state index >= 15 is 0 Å². The maximum absolute atomic E-state index is 12.8. The Morgan fingerprint density at radius 1 is 1.18 bits per heavy atom. The van der Waals surface area contributed by atoms with E-state index in [1.807, 2.05) is 19.1 Å². The molecule has 0 bridgehead atoms. The second-order valence-electron chi connectivity index (χ2n) is 7.16. The number of aryl methyl sites for hydroxylation is 1. The van der Waals surface area contributed by atoms with Crippen LogP contribution in [0.4, 0.5) is 11.6 Å². The lowest BCUT2D eigenvalue weighted by molar-refractivity contribution is 0.0920. The quantitative estimate of drug-likeness (QED) is 0.313. The monoisotopic (exact) mass is 499 g/mol. The number of nitrogens with zero attached hydrogens (tertiary/aromatic N) is 3. The van der Waals surface area contributed by atoms with Crippen LogP contribution in [0.25, 0.3) is 11.3 Å². The summed E-state index contributed by atoms with van der Waals surface area (Å²) in [5.74, 6) is 0.0552. The summed E-state index contributed by atoms with van der Waals surface area (Å²) < 4.78 is 0. The molecule has 4 aromatic rings. The Morgan fingerprint density at radius 2 is 2.03 bits per heavy atom. The third-order valence-electron chi connectivity index (χ3n) is 4.73. The number of hydrogen-bond donors (Lipinski definition) is 3. The minimum absolute atomic E-state index is 0.258. The molecule has 33 heavy (non-hydrogen) atoms. The molecule has 0 fully saturated rings. The summed E-state index contributed by atoms with van der Waals surface area (Å²) in [5.41, 5.74) is 3.58. The molecular formula is C23H19Cl2N5O2S. The fraction of sp³-hybridized carbons (Fsp3) is 0.130. The van der Waals surface area contributed by atoms with Crippen molar-refractivity contribution in [3.63, 3.8) is 0 Å². The maximum atomic E-state index is 12.8. The fourth-order valence-electron chi connectivity index (χ4n) is 3.15. The first kappa shape index (κ1) is 23.1. The Morgan fingerprint density at radius 3 is 2.79 bits per heavy atom. The molecule has 0 aliphatic heterocycles. The third kappa shape index (κ3) is 5.66. The molecule has 1 amide bonds. The van der Waals surface area contributed by atoms with Crippen LogP contribution in [0, 0.1) is 6.92 Å². The Hall–Kier alpha value is -3.04. The highest BCUT2D eigenvalue weighted by Crippen LogP contribution is 2.31. The minimum Gasteiger partial charge on any atom is -0.394 e. The van der Waals surface area contributed by atoms with E-state index in [1.165, 1.54) is 17.5 Å². The van der Waals surface area contributed by atoms with Gasteiger partial charge >= 0.3 is 0 Å². The van der Waals surface area contributed by atoms with Gasteiger partial charge in [-0.2, -0.15) is 0 Å². The van der Waals surface area contributed by atoms with Crippen molar-refractivity contribution in [2.24, 2.45) is 0 Å². The van der Waals surface area contributed by atoms with Gasteiger partial charge in [0.15, 0.2) is 0 Å². The fourth-order valence-corrected chi connectivity index (χ4v) is 4.34. The van der Waals surface area contributed by atoms with Crippen molar-refractivity contribution in [2.75, 3.05) is 11.9 Å². The van der Waals surface area contributed by atoms with Gasteiger partial charge in [-0.05, 0) is 42.8 Å². The molecule has 1 aromatic carbocycles. The number of aromatic nitrogens is 3. The average molecular weight is 500 g/mol. The Labute approximate surface area is 204 Å². The first-order valence-electron chi connectivity index (χ1n) is 9.91. The second kappa shape index (κ2) is 10.3. The van der Waals surface area contributed by atoms with E-state index in [-0.39, 0.29) is 12.5 Å². The van der Waals surface area contributed by atoms with Crippen LogP contribution in [0.5, 0.6) is 0 Å². The van der Waals surface area contributed by atoms with Crippen LogP contribution in [-0.4, -0.2) is 32.6 Å². The number of hydrogen-bond acceptors (Lipinski definition) is 7. The third-order valence-corrected chi connectivity index (χ3v) is 6.17. The summed E-state index contributed by atoms with van der Waals surface area (Å²) in [4.78, 5) is 26.2. The van der Waals surface area contributed by atoms with E-state index in [9.17, 15) is 9.90 Å². The zero-order chi connectivity index (χ0) is 23.4. The molecule has 0 aliphatic carbocycles. The van der Waals surface area contributed by atoms with Gasteiger partial charge in [0.2, 0.25) is 5.95 Å². The highest BCUT2D eigenvalue weighted by atomic mass is 35.5. The van der Waals surface area contributed by atoms with Gasteiger partial charge in [-0.25, -0.2) is 9.97 Å². The van der Waals surface area contributed by atoms with Crippen molar-refractivity contribution in [1.82, 2.24) is 20.3 Å². The summed E-state index contributed by atoms with van der Waals surface area (Å²) >= 11 is 13.6. The van der Waals surface area contributed by atoms with E-state index in [0.717, 1.165) is 16.9 Å². The first-order valence-corrected chi connectivity index (χ1v) is 11.5. The van der Waals surface area contributed by atoms with Crippen molar-refractivity contribution >= 4 is 52.1 Å². The Bertz CT molecular complexity index is 1300. The molecule has 0 aliphatic rings. The molecule has 3 heterocycles.